The monoisotopic (exact) mass is 417 g/mol. The largest absolute Gasteiger partial charge is 0.496 e. The fourth-order valence-corrected chi connectivity index (χ4v) is 3.87. The molecule has 0 bridgehead atoms. The van der Waals surface area contributed by atoms with E-state index in [0.717, 1.165) is 40.0 Å². The molecule has 0 radical (unpaired) electrons. The Kier molecular flexibility index (Phi) is 5.05. The number of pyridine rings is 1. The van der Waals surface area contributed by atoms with E-state index < -0.39 is 11.7 Å². The standard InChI is InChI=1S/C22H22F3N3O2/c1-12-7-15(8-13(2)26-12)21-17-11-30-14(3)9-19(17)28(27-21)16-5-6-18(22(23,24)25)20(10-16)29-4/h5-8,10,14H,9,11H2,1-4H3. The fourth-order valence-electron chi connectivity index (χ4n) is 3.87. The smallest absolute Gasteiger partial charge is 0.419 e. The Hall–Kier alpha value is -2.87. The molecular weight excluding hydrogens is 395 g/mol. The van der Waals surface area contributed by atoms with Gasteiger partial charge in [-0.15, -0.1) is 0 Å². The maximum Gasteiger partial charge on any atom is 0.419 e. The summed E-state index contributed by atoms with van der Waals surface area (Å²) in [4.78, 5) is 4.42. The molecule has 0 N–H and O–H groups in total. The SMILES string of the molecule is COc1cc(-n2nc(-c3cc(C)nc(C)c3)c3c2CC(C)OC3)ccc1C(F)(F)F. The lowest BCUT2D eigenvalue weighted by Crippen LogP contribution is -2.21. The number of hydrogen-bond acceptors (Lipinski definition) is 4. The van der Waals surface area contributed by atoms with Crippen LogP contribution in [0.1, 0.15) is 35.1 Å². The first-order valence-corrected chi connectivity index (χ1v) is 9.61. The zero-order valence-corrected chi connectivity index (χ0v) is 17.2. The van der Waals surface area contributed by atoms with Crippen molar-refractivity contribution in [1.29, 1.82) is 0 Å². The van der Waals surface area contributed by atoms with Crippen LogP contribution >= 0.6 is 0 Å². The van der Waals surface area contributed by atoms with E-state index in [9.17, 15) is 13.2 Å². The second kappa shape index (κ2) is 7.43. The van der Waals surface area contributed by atoms with Crippen molar-refractivity contribution in [1.82, 2.24) is 14.8 Å². The Morgan fingerprint density at radius 1 is 1.13 bits per heavy atom. The molecule has 3 heterocycles. The number of aryl methyl sites for hydroxylation is 2. The van der Waals surface area contributed by atoms with Gasteiger partial charge in [-0.25, -0.2) is 4.68 Å². The second-order valence-electron chi connectivity index (χ2n) is 7.53. The normalized spacial score (nSPS) is 16.4. The minimum absolute atomic E-state index is 0.0157. The van der Waals surface area contributed by atoms with Crippen LogP contribution in [0.3, 0.4) is 0 Å². The summed E-state index contributed by atoms with van der Waals surface area (Å²) in [5, 5.41) is 4.79. The van der Waals surface area contributed by atoms with Gasteiger partial charge in [0, 0.05) is 35.0 Å². The van der Waals surface area contributed by atoms with Gasteiger partial charge < -0.3 is 9.47 Å². The number of nitrogens with zero attached hydrogens (tertiary/aromatic N) is 3. The van der Waals surface area contributed by atoms with Crippen molar-refractivity contribution in [2.24, 2.45) is 0 Å². The number of methoxy groups -OCH3 is 1. The quantitative estimate of drug-likeness (QED) is 0.599. The van der Waals surface area contributed by atoms with Gasteiger partial charge >= 0.3 is 6.18 Å². The molecule has 0 saturated carbocycles. The first-order chi connectivity index (χ1) is 14.2. The predicted octanol–water partition coefficient (Wildman–Crippen LogP) is 5.04. The van der Waals surface area contributed by atoms with Crippen molar-refractivity contribution in [3.63, 3.8) is 0 Å². The average molecular weight is 417 g/mol. The summed E-state index contributed by atoms with van der Waals surface area (Å²) in [6.07, 6.45) is -3.90. The van der Waals surface area contributed by atoms with E-state index in [4.69, 9.17) is 14.6 Å². The van der Waals surface area contributed by atoms with E-state index in [1.807, 2.05) is 32.9 Å². The molecule has 4 rings (SSSR count). The molecule has 0 amide bonds. The number of hydrogen-bond donors (Lipinski definition) is 0. The first kappa shape index (κ1) is 20.4. The number of ether oxygens (including phenoxy) is 2. The Labute approximate surface area is 172 Å². The van der Waals surface area contributed by atoms with Crippen LogP contribution in [-0.2, 0) is 23.9 Å². The summed E-state index contributed by atoms with van der Waals surface area (Å²) in [7, 11) is 1.23. The van der Waals surface area contributed by atoms with Crippen molar-refractivity contribution in [2.75, 3.05) is 7.11 Å². The topological polar surface area (TPSA) is 49.2 Å². The first-order valence-electron chi connectivity index (χ1n) is 9.61. The van der Waals surface area contributed by atoms with Crippen LogP contribution in [0.4, 0.5) is 13.2 Å². The van der Waals surface area contributed by atoms with Crippen LogP contribution in [0, 0.1) is 13.8 Å². The Morgan fingerprint density at radius 2 is 1.83 bits per heavy atom. The molecule has 1 aromatic carbocycles. The van der Waals surface area contributed by atoms with Gasteiger partial charge in [0.05, 0.1) is 42.5 Å². The summed E-state index contributed by atoms with van der Waals surface area (Å²) < 4.78 is 52.4. The molecule has 0 fully saturated rings. The van der Waals surface area contributed by atoms with Crippen molar-refractivity contribution in [3.05, 3.63) is 58.5 Å². The highest BCUT2D eigenvalue weighted by atomic mass is 19.4. The minimum Gasteiger partial charge on any atom is -0.496 e. The molecular formula is C22H22F3N3O2. The molecule has 0 spiro atoms. The van der Waals surface area contributed by atoms with Crippen molar-refractivity contribution >= 4 is 0 Å². The van der Waals surface area contributed by atoms with Crippen LogP contribution in [0.5, 0.6) is 5.75 Å². The molecule has 1 unspecified atom stereocenters. The summed E-state index contributed by atoms with van der Waals surface area (Å²) >= 11 is 0. The molecule has 2 aromatic heterocycles. The van der Waals surface area contributed by atoms with Crippen LogP contribution in [0.15, 0.2) is 30.3 Å². The molecule has 8 heteroatoms. The number of benzene rings is 1. The molecule has 30 heavy (non-hydrogen) atoms. The minimum atomic E-state index is -4.49. The van der Waals surface area contributed by atoms with Gasteiger partial charge in [0.25, 0.3) is 0 Å². The molecule has 1 atom stereocenters. The van der Waals surface area contributed by atoms with E-state index in [2.05, 4.69) is 4.98 Å². The Morgan fingerprint density at radius 3 is 2.47 bits per heavy atom. The lowest BCUT2D eigenvalue weighted by Gasteiger charge is -2.21. The Bertz CT molecular complexity index is 1090. The molecule has 3 aromatic rings. The van der Waals surface area contributed by atoms with Gasteiger partial charge in [0.15, 0.2) is 0 Å². The van der Waals surface area contributed by atoms with E-state index >= 15 is 0 Å². The highest BCUT2D eigenvalue weighted by molar-refractivity contribution is 5.66. The highest BCUT2D eigenvalue weighted by Crippen LogP contribution is 2.38. The van der Waals surface area contributed by atoms with Crippen LogP contribution in [0.2, 0.25) is 0 Å². The van der Waals surface area contributed by atoms with Gasteiger partial charge in [-0.05, 0) is 45.0 Å². The van der Waals surface area contributed by atoms with Crippen LogP contribution in [-0.4, -0.2) is 28.0 Å². The van der Waals surface area contributed by atoms with Gasteiger partial charge in [-0.1, -0.05) is 0 Å². The maximum atomic E-state index is 13.3. The highest BCUT2D eigenvalue weighted by Gasteiger charge is 2.35. The van der Waals surface area contributed by atoms with Crippen LogP contribution < -0.4 is 4.74 Å². The van der Waals surface area contributed by atoms with E-state index in [-0.39, 0.29) is 11.9 Å². The van der Waals surface area contributed by atoms with Gasteiger partial charge in [0.1, 0.15) is 5.75 Å². The molecule has 158 valence electrons. The number of fused-ring (bicyclic) bond motifs is 1. The number of halogens is 3. The third kappa shape index (κ3) is 3.67. The average Bonchev–Trinajstić information content (AvgIpc) is 3.04. The second-order valence-corrected chi connectivity index (χ2v) is 7.53. The maximum absolute atomic E-state index is 13.3. The van der Waals surface area contributed by atoms with Gasteiger partial charge in [-0.3, -0.25) is 4.98 Å². The summed E-state index contributed by atoms with van der Waals surface area (Å²) in [6.45, 7) is 6.19. The molecule has 1 aliphatic rings. The van der Waals surface area contributed by atoms with Crippen molar-refractivity contribution in [2.45, 2.75) is 46.1 Å². The third-order valence-electron chi connectivity index (χ3n) is 5.17. The van der Waals surface area contributed by atoms with Crippen molar-refractivity contribution in [3.8, 4) is 22.7 Å². The summed E-state index contributed by atoms with van der Waals surface area (Å²) in [5.74, 6) is -0.235. The lowest BCUT2D eigenvalue weighted by molar-refractivity contribution is -0.138. The zero-order valence-electron chi connectivity index (χ0n) is 17.2. The summed E-state index contributed by atoms with van der Waals surface area (Å²) in [5.41, 5.74) is 4.97. The molecule has 0 saturated heterocycles. The number of aromatic nitrogens is 3. The van der Waals surface area contributed by atoms with Crippen LogP contribution in [0.25, 0.3) is 16.9 Å². The van der Waals surface area contributed by atoms with E-state index in [0.29, 0.717) is 18.7 Å². The molecule has 1 aliphatic heterocycles. The third-order valence-corrected chi connectivity index (χ3v) is 5.17. The zero-order chi connectivity index (χ0) is 21.6. The van der Waals surface area contributed by atoms with E-state index in [1.165, 1.54) is 19.2 Å². The predicted molar refractivity (Wildman–Crippen MR) is 106 cm³/mol. The van der Waals surface area contributed by atoms with Gasteiger partial charge in [-0.2, -0.15) is 18.3 Å². The van der Waals surface area contributed by atoms with Crippen molar-refractivity contribution < 1.29 is 22.6 Å². The fraction of sp³-hybridized carbons (Fsp3) is 0.364. The molecule has 0 aliphatic carbocycles. The van der Waals surface area contributed by atoms with E-state index in [1.54, 1.807) is 4.68 Å². The lowest BCUT2D eigenvalue weighted by atomic mass is 10.0. The Balaban J connectivity index is 1.90. The summed E-state index contributed by atoms with van der Waals surface area (Å²) in [6, 6.07) is 7.73. The van der Waals surface area contributed by atoms with Gasteiger partial charge in [0.2, 0.25) is 0 Å². The molecule has 5 nitrogen and oxygen atoms in total. The number of rotatable bonds is 3. The number of alkyl halides is 3.